The van der Waals surface area contributed by atoms with Gasteiger partial charge in [0.1, 0.15) is 6.04 Å². The molecular weight excluding hydrogens is 326 g/mol. The molecule has 0 aliphatic carbocycles. The smallest absolute Gasteiger partial charge is 0.334 e. The van der Waals surface area contributed by atoms with Crippen molar-refractivity contribution in [2.45, 2.75) is 52.0 Å². The van der Waals surface area contributed by atoms with Gasteiger partial charge in [-0.2, -0.15) is 0 Å². The molecule has 0 aliphatic heterocycles. The number of rotatable bonds is 11. The molecule has 7 nitrogen and oxygen atoms in total. The molecule has 0 bridgehead atoms. The van der Waals surface area contributed by atoms with Gasteiger partial charge in [-0.25, -0.2) is 4.79 Å². The standard InChI is InChI=1S/C18H25NO6/c1-4-7-9-11-15(20)19(16(21)12-10-8-5-2)14(13-17(22)23)18(24)25-6-3/h6,9-12,14H,3-5,7-8,13H2,1-2H3,(H,22,23)/b11-9+,12-10+. The lowest BCUT2D eigenvalue weighted by Crippen LogP contribution is -2.49. The summed E-state index contributed by atoms with van der Waals surface area (Å²) in [6.07, 6.45) is 8.33. The third-order valence-electron chi connectivity index (χ3n) is 3.06. The van der Waals surface area contributed by atoms with Crippen LogP contribution in [-0.4, -0.2) is 39.8 Å². The van der Waals surface area contributed by atoms with Crippen LogP contribution in [0, 0.1) is 0 Å². The third-order valence-corrected chi connectivity index (χ3v) is 3.06. The molecule has 1 unspecified atom stereocenters. The SMILES string of the molecule is C=COC(=O)C(CC(=O)O)N(C(=O)/C=C/CCC)C(=O)/C=C/CCC. The van der Waals surface area contributed by atoms with Crippen LogP contribution in [-0.2, 0) is 23.9 Å². The Labute approximate surface area is 147 Å². The van der Waals surface area contributed by atoms with Gasteiger partial charge in [0.25, 0.3) is 11.8 Å². The number of amides is 2. The van der Waals surface area contributed by atoms with Crippen molar-refractivity contribution in [3.63, 3.8) is 0 Å². The van der Waals surface area contributed by atoms with E-state index in [9.17, 15) is 19.2 Å². The Morgan fingerprint density at radius 1 is 1.04 bits per heavy atom. The van der Waals surface area contributed by atoms with Crippen LogP contribution in [0.5, 0.6) is 0 Å². The minimum atomic E-state index is -1.58. The van der Waals surface area contributed by atoms with Gasteiger partial charge in [-0.1, -0.05) is 45.4 Å². The quantitative estimate of drug-likeness (QED) is 0.349. The molecule has 138 valence electrons. The second-order valence-corrected chi connectivity index (χ2v) is 5.15. The molecule has 0 radical (unpaired) electrons. The number of ether oxygens (including phenoxy) is 1. The van der Waals surface area contributed by atoms with E-state index in [4.69, 9.17) is 5.11 Å². The average Bonchev–Trinajstić information content (AvgIpc) is 2.54. The Bertz CT molecular complexity index is 522. The highest BCUT2D eigenvalue weighted by molar-refractivity contribution is 6.08. The molecule has 2 amide bonds. The first-order valence-electron chi connectivity index (χ1n) is 8.12. The van der Waals surface area contributed by atoms with Crippen LogP contribution in [0.3, 0.4) is 0 Å². The van der Waals surface area contributed by atoms with Crippen LogP contribution < -0.4 is 0 Å². The maximum Gasteiger partial charge on any atom is 0.334 e. The van der Waals surface area contributed by atoms with Gasteiger partial charge in [0.15, 0.2) is 0 Å². The lowest BCUT2D eigenvalue weighted by molar-refractivity contribution is -0.157. The average molecular weight is 351 g/mol. The lowest BCUT2D eigenvalue weighted by atomic mass is 10.1. The molecule has 0 aromatic heterocycles. The van der Waals surface area contributed by atoms with Crippen molar-refractivity contribution >= 4 is 23.8 Å². The molecule has 0 aromatic carbocycles. The van der Waals surface area contributed by atoms with Crippen molar-refractivity contribution in [2.75, 3.05) is 0 Å². The number of allylic oxidation sites excluding steroid dienone is 2. The summed E-state index contributed by atoms with van der Waals surface area (Å²) in [7, 11) is 0. The molecule has 1 atom stereocenters. The van der Waals surface area contributed by atoms with Gasteiger partial charge >= 0.3 is 11.9 Å². The number of carbonyl (C=O) groups excluding carboxylic acids is 3. The number of carbonyl (C=O) groups is 4. The molecule has 0 fully saturated rings. The van der Waals surface area contributed by atoms with Crippen molar-refractivity contribution in [2.24, 2.45) is 0 Å². The normalized spacial score (nSPS) is 12.1. The zero-order chi connectivity index (χ0) is 19.2. The Hall–Kier alpha value is -2.70. The number of hydrogen-bond donors (Lipinski definition) is 1. The van der Waals surface area contributed by atoms with Crippen LogP contribution in [0.1, 0.15) is 46.0 Å². The topological polar surface area (TPSA) is 101 Å². The first kappa shape index (κ1) is 22.3. The molecule has 25 heavy (non-hydrogen) atoms. The van der Waals surface area contributed by atoms with E-state index in [0.717, 1.165) is 31.3 Å². The molecule has 0 saturated carbocycles. The number of imide groups is 1. The molecule has 0 rings (SSSR count). The first-order valence-corrected chi connectivity index (χ1v) is 8.12. The Morgan fingerprint density at radius 3 is 1.88 bits per heavy atom. The van der Waals surface area contributed by atoms with Gasteiger partial charge in [-0.3, -0.25) is 19.3 Å². The second kappa shape index (κ2) is 12.7. The number of carboxylic acids is 1. The maximum absolute atomic E-state index is 12.4. The highest BCUT2D eigenvalue weighted by Gasteiger charge is 2.35. The molecule has 0 aromatic rings. The molecule has 0 spiro atoms. The largest absolute Gasteiger partial charge is 0.481 e. The van der Waals surface area contributed by atoms with Crippen LogP contribution in [0.4, 0.5) is 0 Å². The maximum atomic E-state index is 12.4. The van der Waals surface area contributed by atoms with Crippen molar-refractivity contribution in [1.29, 1.82) is 0 Å². The fraction of sp³-hybridized carbons (Fsp3) is 0.444. The van der Waals surface area contributed by atoms with Crippen LogP contribution in [0.25, 0.3) is 0 Å². The van der Waals surface area contributed by atoms with Gasteiger partial charge < -0.3 is 9.84 Å². The van der Waals surface area contributed by atoms with Gasteiger partial charge in [0.05, 0.1) is 12.7 Å². The Kier molecular flexibility index (Phi) is 11.3. The van der Waals surface area contributed by atoms with Crippen LogP contribution in [0.15, 0.2) is 37.1 Å². The Morgan fingerprint density at radius 2 is 1.52 bits per heavy atom. The zero-order valence-electron chi connectivity index (χ0n) is 14.6. The summed E-state index contributed by atoms with van der Waals surface area (Å²) < 4.78 is 4.60. The minimum absolute atomic E-state index is 0.609. The van der Waals surface area contributed by atoms with E-state index in [2.05, 4.69) is 11.3 Å². The van der Waals surface area contributed by atoms with Crippen LogP contribution in [0.2, 0.25) is 0 Å². The van der Waals surface area contributed by atoms with E-state index in [1.807, 2.05) is 13.8 Å². The molecule has 0 saturated heterocycles. The third kappa shape index (κ3) is 8.64. The number of aliphatic carboxylic acids is 1. The number of hydrogen-bond acceptors (Lipinski definition) is 5. The van der Waals surface area contributed by atoms with E-state index in [1.54, 1.807) is 12.2 Å². The van der Waals surface area contributed by atoms with Gasteiger partial charge in [-0.05, 0) is 25.0 Å². The highest BCUT2D eigenvalue weighted by Crippen LogP contribution is 2.11. The second-order valence-electron chi connectivity index (χ2n) is 5.15. The summed E-state index contributed by atoms with van der Waals surface area (Å²) in [4.78, 5) is 48.5. The highest BCUT2D eigenvalue weighted by atomic mass is 16.5. The van der Waals surface area contributed by atoms with E-state index in [1.165, 1.54) is 0 Å². The summed E-state index contributed by atoms with van der Waals surface area (Å²) in [5.41, 5.74) is 0. The number of esters is 1. The first-order chi connectivity index (χ1) is 11.9. The van der Waals surface area contributed by atoms with E-state index in [-0.39, 0.29) is 0 Å². The van der Waals surface area contributed by atoms with Crippen molar-refractivity contribution in [3.05, 3.63) is 37.1 Å². The van der Waals surface area contributed by atoms with Crippen LogP contribution >= 0.6 is 0 Å². The van der Waals surface area contributed by atoms with E-state index < -0.39 is 36.2 Å². The zero-order valence-corrected chi connectivity index (χ0v) is 14.6. The number of carboxylic acid groups (broad SMARTS) is 1. The monoisotopic (exact) mass is 351 g/mol. The number of unbranched alkanes of at least 4 members (excludes halogenated alkanes) is 2. The fourth-order valence-electron chi connectivity index (χ4n) is 1.88. The summed E-state index contributed by atoms with van der Waals surface area (Å²) in [6.45, 7) is 7.06. The predicted octanol–water partition coefficient (Wildman–Crippen LogP) is 2.58. The summed E-state index contributed by atoms with van der Waals surface area (Å²) in [5.74, 6) is -3.92. The Balaban J connectivity index is 5.70. The van der Waals surface area contributed by atoms with E-state index >= 15 is 0 Å². The van der Waals surface area contributed by atoms with Gasteiger partial charge in [-0.15, -0.1) is 0 Å². The number of nitrogens with zero attached hydrogens (tertiary/aromatic N) is 1. The molecular formula is C18H25NO6. The van der Waals surface area contributed by atoms with Gasteiger partial charge in [0, 0.05) is 0 Å². The minimum Gasteiger partial charge on any atom is -0.481 e. The molecule has 7 heteroatoms. The summed E-state index contributed by atoms with van der Waals surface area (Å²) in [6, 6.07) is -1.58. The van der Waals surface area contributed by atoms with Crippen molar-refractivity contribution in [1.82, 2.24) is 4.90 Å². The molecule has 0 heterocycles. The van der Waals surface area contributed by atoms with Gasteiger partial charge in [0.2, 0.25) is 0 Å². The van der Waals surface area contributed by atoms with E-state index in [0.29, 0.717) is 17.7 Å². The van der Waals surface area contributed by atoms with Crippen molar-refractivity contribution < 1.29 is 29.0 Å². The van der Waals surface area contributed by atoms with Crippen molar-refractivity contribution in [3.8, 4) is 0 Å². The summed E-state index contributed by atoms with van der Waals surface area (Å²) >= 11 is 0. The fourth-order valence-corrected chi connectivity index (χ4v) is 1.88. The lowest BCUT2D eigenvalue weighted by Gasteiger charge is -2.25. The molecule has 1 N–H and O–H groups in total. The predicted molar refractivity (Wildman–Crippen MR) is 92.3 cm³/mol. The summed E-state index contributed by atoms with van der Waals surface area (Å²) in [5, 5.41) is 9.02. The molecule has 0 aliphatic rings.